The molecule has 1 aliphatic heterocycles. The summed E-state index contributed by atoms with van der Waals surface area (Å²) in [6, 6.07) is 6.48. The molecular formula is C22H19ClF2N4O. The van der Waals surface area contributed by atoms with Crippen molar-refractivity contribution in [1.82, 2.24) is 14.9 Å². The highest BCUT2D eigenvalue weighted by atomic mass is 35.5. The van der Waals surface area contributed by atoms with Crippen molar-refractivity contribution in [1.29, 1.82) is 0 Å². The van der Waals surface area contributed by atoms with E-state index in [9.17, 15) is 13.6 Å². The summed E-state index contributed by atoms with van der Waals surface area (Å²) in [5.41, 5.74) is 2.06. The molecule has 0 bridgehead atoms. The number of hydrogen-bond acceptors (Lipinski definition) is 4. The van der Waals surface area contributed by atoms with E-state index >= 15 is 0 Å². The normalized spacial score (nSPS) is 14.0. The van der Waals surface area contributed by atoms with Gasteiger partial charge in [0.05, 0.1) is 12.6 Å². The lowest BCUT2D eigenvalue weighted by atomic mass is 10.00. The molecular weight excluding hydrogens is 410 g/mol. The zero-order chi connectivity index (χ0) is 21.4. The van der Waals surface area contributed by atoms with Crippen LogP contribution in [-0.2, 0) is 6.54 Å². The van der Waals surface area contributed by atoms with Crippen LogP contribution < -0.4 is 5.32 Å². The summed E-state index contributed by atoms with van der Waals surface area (Å²) in [5.74, 6) is -0.684. The molecule has 0 saturated heterocycles. The average Bonchev–Trinajstić information content (AvgIpc) is 3.06. The van der Waals surface area contributed by atoms with Gasteiger partial charge in [-0.3, -0.25) is 4.79 Å². The number of anilines is 1. The van der Waals surface area contributed by atoms with Gasteiger partial charge in [-0.1, -0.05) is 11.6 Å². The number of hydrogen-bond donors (Lipinski definition) is 1. The van der Waals surface area contributed by atoms with E-state index in [2.05, 4.69) is 15.3 Å². The van der Waals surface area contributed by atoms with Crippen molar-refractivity contribution < 1.29 is 13.6 Å². The largest absolute Gasteiger partial charge is 0.363 e. The third-order valence-corrected chi connectivity index (χ3v) is 5.45. The number of amides is 1. The maximum Gasteiger partial charge on any atom is 0.254 e. The van der Waals surface area contributed by atoms with Crippen LogP contribution in [0.4, 0.5) is 14.6 Å². The fourth-order valence-corrected chi connectivity index (χ4v) is 3.81. The van der Waals surface area contributed by atoms with Crippen molar-refractivity contribution >= 4 is 23.3 Å². The Hall–Kier alpha value is -3.06. The standard InChI is InChI=1S/C22H19ClF2N4O/c1-3-29-11-17-14(22(29)30)5-7-27-21(17)28-12(2)15-9-19(25)16(10-18(15)24)13-4-6-26-20(23)8-13/h4-10,12H,3,11H2,1-2H3,(H,27,28)/t12-/m0/s1. The quantitative estimate of drug-likeness (QED) is 0.566. The van der Waals surface area contributed by atoms with Crippen molar-refractivity contribution in [2.45, 2.75) is 26.4 Å². The van der Waals surface area contributed by atoms with Gasteiger partial charge in [0.25, 0.3) is 5.91 Å². The van der Waals surface area contributed by atoms with E-state index in [0.29, 0.717) is 30.0 Å². The van der Waals surface area contributed by atoms with Crippen LogP contribution in [0.15, 0.2) is 42.7 Å². The molecule has 30 heavy (non-hydrogen) atoms. The predicted octanol–water partition coefficient (Wildman–Crippen LogP) is 5.22. The van der Waals surface area contributed by atoms with Gasteiger partial charge in [0.1, 0.15) is 22.6 Å². The van der Waals surface area contributed by atoms with Gasteiger partial charge in [0.15, 0.2) is 0 Å². The molecule has 0 aliphatic carbocycles. The van der Waals surface area contributed by atoms with Gasteiger partial charge >= 0.3 is 0 Å². The van der Waals surface area contributed by atoms with Crippen LogP contribution in [0, 0.1) is 11.6 Å². The topological polar surface area (TPSA) is 58.1 Å². The fourth-order valence-electron chi connectivity index (χ4n) is 3.63. The monoisotopic (exact) mass is 428 g/mol. The van der Waals surface area contributed by atoms with Crippen molar-refractivity contribution in [3.8, 4) is 11.1 Å². The Morgan fingerprint density at radius 2 is 1.90 bits per heavy atom. The second-order valence-electron chi connectivity index (χ2n) is 7.09. The van der Waals surface area contributed by atoms with Gasteiger partial charge in [-0.15, -0.1) is 0 Å². The first-order valence-corrected chi connectivity index (χ1v) is 9.91. The predicted molar refractivity (Wildman–Crippen MR) is 111 cm³/mol. The van der Waals surface area contributed by atoms with Gasteiger partial charge < -0.3 is 10.2 Å². The first-order valence-electron chi connectivity index (χ1n) is 9.53. The molecule has 4 rings (SSSR count). The molecule has 1 N–H and O–H groups in total. The van der Waals surface area contributed by atoms with Crippen LogP contribution in [0.1, 0.15) is 41.4 Å². The van der Waals surface area contributed by atoms with Crippen molar-refractivity contribution in [3.05, 3.63) is 76.2 Å². The Morgan fingerprint density at radius 3 is 2.63 bits per heavy atom. The van der Waals surface area contributed by atoms with Gasteiger partial charge in [0.2, 0.25) is 0 Å². The van der Waals surface area contributed by atoms with E-state index in [-0.39, 0.29) is 22.2 Å². The van der Waals surface area contributed by atoms with Crippen LogP contribution in [0.2, 0.25) is 5.15 Å². The Balaban J connectivity index is 1.64. The Morgan fingerprint density at radius 1 is 1.13 bits per heavy atom. The van der Waals surface area contributed by atoms with Crippen molar-refractivity contribution in [2.75, 3.05) is 11.9 Å². The molecule has 0 saturated carbocycles. The minimum Gasteiger partial charge on any atom is -0.363 e. The lowest BCUT2D eigenvalue weighted by Crippen LogP contribution is -2.22. The van der Waals surface area contributed by atoms with Crippen LogP contribution in [0.5, 0.6) is 0 Å². The number of rotatable bonds is 5. The van der Waals surface area contributed by atoms with E-state index in [1.54, 1.807) is 24.0 Å². The highest BCUT2D eigenvalue weighted by Crippen LogP contribution is 2.32. The number of aromatic nitrogens is 2. The van der Waals surface area contributed by atoms with E-state index < -0.39 is 17.7 Å². The summed E-state index contributed by atoms with van der Waals surface area (Å²) in [7, 11) is 0. The number of carbonyl (C=O) groups excluding carboxylic acids is 1. The lowest BCUT2D eigenvalue weighted by molar-refractivity contribution is 0.0787. The molecule has 1 aliphatic rings. The average molecular weight is 429 g/mol. The summed E-state index contributed by atoms with van der Waals surface area (Å²) in [6.07, 6.45) is 2.98. The number of carbonyl (C=O) groups is 1. The third kappa shape index (κ3) is 3.61. The van der Waals surface area contributed by atoms with Gasteiger partial charge in [-0.25, -0.2) is 18.7 Å². The summed E-state index contributed by atoms with van der Waals surface area (Å²) in [4.78, 5) is 22.3. The zero-order valence-electron chi connectivity index (χ0n) is 16.4. The molecule has 1 amide bonds. The van der Waals surface area contributed by atoms with Crippen LogP contribution >= 0.6 is 11.6 Å². The maximum atomic E-state index is 14.9. The Labute approximate surface area is 177 Å². The highest BCUT2D eigenvalue weighted by Gasteiger charge is 2.29. The molecule has 1 aromatic carbocycles. The van der Waals surface area contributed by atoms with Gasteiger partial charge in [-0.2, -0.15) is 0 Å². The molecule has 3 aromatic rings. The maximum absolute atomic E-state index is 14.9. The number of halogens is 3. The fraction of sp³-hybridized carbons (Fsp3) is 0.227. The van der Waals surface area contributed by atoms with Crippen molar-refractivity contribution in [3.63, 3.8) is 0 Å². The molecule has 154 valence electrons. The van der Waals surface area contributed by atoms with E-state index in [1.807, 2.05) is 6.92 Å². The van der Waals surface area contributed by atoms with E-state index in [1.165, 1.54) is 24.5 Å². The number of pyridine rings is 2. The Kier molecular flexibility index (Phi) is 5.39. The number of fused-ring (bicyclic) bond motifs is 1. The molecule has 8 heteroatoms. The number of nitrogens with zero attached hydrogens (tertiary/aromatic N) is 3. The molecule has 0 fully saturated rings. The van der Waals surface area contributed by atoms with Crippen LogP contribution in [0.3, 0.4) is 0 Å². The second kappa shape index (κ2) is 7.99. The first-order chi connectivity index (χ1) is 14.4. The molecule has 0 spiro atoms. The minimum absolute atomic E-state index is 0.0526. The van der Waals surface area contributed by atoms with E-state index in [4.69, 9.17) is 11.6 Å². The highest BCUT2D eigenvalue weighted by molar-refractivity contribution is 6.29. The van der Waals surface area contributed by atoms with Crippen LogP contribution in [0.25, 0.3) is 11.1 Å². The van der Waals surface area contributed by atoms with Gasteiger partial charge in [-0.05, 0) is 49.7 Å². The number of benzene rings is 1. The summed E-state index contributed by atoms with van der Waals surface area (Å²) < 4.78 is 29.7. The zero-order valence-corrected chi connectivity index (χ0v) is 17.2. The smallest absolute Gasteiger partial charge is 0.254 e. The summed E-state index contributed by atoms with van der Waals surface area (Å²) >= 11 is 5.86. The molecule has 2 aromatic heterocycles. The SMILES string of the molecule is CCN1Cc2c(ccnc2N[C@@H](C)c2cc(F)c(-c3ccnc(Cl)c3)cc2F)C1=O. The molecule has 0 unspecified atom stereocenters. The molecule has 1 atom stereocenters. The molecule has 3 heterocycles. The Bertz CT molecular complexity index is 1140. The van der Waals surface area contributed by atoms with Crippen LogP contribution in [-0.4, -0.2) is 27.3 Å². The summed E-state index contributed by atoms with van der Waals surface area (Å²) in [6.45, 7) is 4.65. The lowest BCUT2D eigenvalue weighted by Gasteiger charge is -2.19. The molecule has 5 nitrogen and oxygen atoms in total. The number of nitrogens with one attached hydrogen (secondary N) is 1. The molecule has 0 radical (unpaired) electrons. The second-order valence-corrected chi connectivity index (χ2v) is 7.48. The van der Waals surface area contributed by atoms with Gasteiger partial charge in [0, 0.05) is 41.2 Å². The summed E-state index contributed by atoms with van der Waals surface area (Å²) in [5, 5.41) is 3.33. The first kappa shape index (κ1) is 20.2. The third-order valence-electron chi connectivity index (χ3n) is 5.25. The minimum atomic E-state index is -0.570. The van der Waals surface area contributed by atoms with Crippen molar-refractivity contribution in [2.24, 2.45) is 0 Å². The van der Waals surface area contributed by atoms with E-state index in [0.717, 1.165) is 11.6 Å².